The molecule has 29 heavy (non-hydrogen) atoms. The molecule has 150 valence electrons. The second-order valence-corrected chi connectivity index (χ2v) is 6.75. The van der Waals surface area contributed by atoms with Crippen molar-refractivity contribution in [2.75, 3.05) is 6.54 Å². The molecule has 4 aromatic rings. The standard InChI is InChI=1S/C19H14F3N5O.H2O/c20-19(21,22)11-5-7-12(8-6-11)26-18(28)17-16(14-9-10-23-14)24-13-3-1-2-4-15(13)27(17)25-26;/h1-8,14,23H,9-10H2;1H2. The van der Waals surface area contributed by atoms with Gasteiger partial charge in [-0.1, -0.05) is 22.0 Å². The number of H-pyrrole nitrogens is 1. The predicted octanol–water partition coefficient (Wildman–Crippen LogP) is 2.33. The van der Waals surface area contributed by atoms with Crippen molar-refractivity contribution in [2.45, 2.75) is 18.6 Å². The maximum absolute atomic E-state index is 13.1. The van der Waals surface area contributed by atoms with Crippen LogP contribution in [0.15, 0.2) is 53.3 Å². The lowest BCUT2D eigenvalue weighted by Crippen LogP contribution is -2.39. The predicted molar refractivity (Wildman–Crippen MR) is 97.1 cm³/mol. The lowest BCUT2D eigenvalue weighted by molar-refractivity contribution is -0.556. The Labute approximate surface area is 161 Å². The van der Waals surface area contributed by atoms with Crippen LogP contribution in [0.3, 0.4) is 0 Å². The molecule has 5 rings (SSSR count). The van der Waals surface area contributed by atoms with E-state index in [1.54, 1.807) is 4.52 Å². The van der Waals surface area contributed by atoms with Crippen molar-refractivity contribution in [3.8, 4) is 5.69 Å². The van der Waals surface area contributed by atoms with Crippen LogP contribution in [0.25, 0.3) is 22.2 Å². The summed E-state index contributed by atoms with van der Waals surface area (Å²) in [6, 6.07) is 11.8. The van der Waals surface area contributed by atoms with Crippen molar-refractivity contribution < 1.29 is 23.2 Å². The van der Waals surface area contributed by atoms with Gasteiger partial charge < -0.3 is 10.8 Å². The summed E-state index contributed by atoms with van der Waals surface area (Å²) in [7, 11) is 0. The fourth-order valence-electron chi connectivity index (χ4n) is 3.47. The average molecular weight is 403 g/mol. The molecule has 1 fully saturated rings. The van der Waals surface area contributed by atoms with Gasteiger partial charge in [0.1, 0.15) is 11.2 Å². The van der Waals surface area contributed by atoms with E-state index >= 15 is 0 Å². The van der Waals surface area contributed by atoms with Crippen LogP contribution >= 0.6 is 0 Å². The molecular weight excluding hydrogens is 387 g/mol. The molecule has 0 radical (unpaired) electrons. The number of para-hydroxylation sites is 2. The Morgan fingerprint density at radius 3 is 2.41 bits per heavy atom. The molecule has 0 bridgehead atoms. The molecule has 0 saturated carbocycles. The molecule has 7 nitrogen and oxygen atoms in total. The van der Waals surface area contributed by atoms with E-state index < -0.39 is 11.7 Å². The van der Waals surface area contributed by atoms with E-state index in [1.807, 2.05) is 24.3 Å². The quantitative estimate of drug-likeness (QED) is 0.502. The van der Waals surface area contributed by atoms with Crippen LogP contribution in [0.2, 0.25) is 0 Å². The highest BCUT2D eigenvalue weighted by Gasteiger charge is 2.32. The van der Waals surface area contributed by atoms with E-state index in [0.717, 1.165) is 30.6 Å². The lowest BCUT2D eigenvalue weighted by atomic mass is 10.0. The minimum atomic E-state index is -4.43. The molecular formula is C19H16F3N5O2. The first-order chi connectivity index (χ1) is 13.4. The summed E-state index contributed by atoms with van der Waals surface area (Å²) in [5.41, 5.74) is 1.65. The molecule has 3 heterocycles. The zero-order valence-electron chi connectivity index (χ0n) is 14.9. The zero-order chi connectivity index (χ0) is 19.5. The lowest BCUT2D eigenvalue weighted by Gasteiger charge is -2.26. The van der Waals surface area contributed by atoms with Gasteiger partial charge in [-0.2, -0.15) is 13.2 Å². The molecule has 2 aromatic carbocycles. The minimum Gasteiger partial charge on any atom is -0.870 e. The third-order valence-corrected chi connectivity index (χ3v) is 5.04. The number of hydrogen-bond donors (Lipinski definition) is 2. The fourth-order valence-corrected chi connectivity index (χ4v) is 3.47. The van der Waals surface area contributed by atoms with Crippen molar-refractivity contribution in [3.63, 3.8) is 0 Å². The van der Waals surface area contributed by atoms with Gasteiger partial charge in [0.2, 0.25) is 0 Å². The van der Waals surface area contributed by atoms with Crippen molar-refractivity contribution >= 4 is 16.6 Å². The number of fused-ring (bicyclic) bond motifs is 3. The number of aromatic amines is 1. The smallest absolute Gasteiger partial charge is 0.416 e. The van der Waals surface area contributed by atoms with Crippen LogP contribution in [0, 0.1) is 0 Å². The summed E-state index contributed by atoms with van der Waals surface area (Å²) in [6.45, 7) is 0.850. The highest BCUT2D eigenvalue weighted by molar-refractivity contribution is 5.73. The van der Waals surface area contributed by atoms with Gasteiger partial charge in [0.05, 0.1) is 11.6 Å². The first kappa shape index (κ1) is 19.1. The van der Waals surface area contributed by atoms with Gasteiger partial charge in [0.15, 0.2) is 11.2 Å². The number of halogens is 3. The maximum atomic E-state index is 13.1. The SMILES string of the molecule is O=c1c2c(C3CCN3)nc3ccccc3[n+]2[nH]n1-c1ccc(C(F)(F)F)cc1.[OH-]. The number of rotatable bonds is 2. The number of aromatic nitrogens is 4. The first-order valence-electron chi connectivity index (χ1n) is 8.80. The maximum Gasteiger partial charge on any atom is 0.416 e. The van der Waals surface area contributed by atoms with Crippen LogP contribution in [-0.4, -0.2) is 26.9 Å². The van der Waals surface area contributed by atoms with Gasteiger partial charge in [0, 0.05) is 0 Å². The van der Waals surface area contributed by atoms with Crippen molar-refractivity contribution in [3.05, 3.63) is 70.1 Å². The number of hydrogen-bond acceptors (Lipinski definition) is 4. The highest BCUT2D eigenvalue weighted by Crippen LogP contribution is 2.29. The third kappa shape index (κ3) is 2.97. The number of nitrogens with zero attached hydrogens (tertiary/aromatic N) is 3. The molecule has 3 N–H and O–H groups in total. The van der Waals surface area contributed by atoms with Crippen molar-refractivity contribution in [1.82, 2.24) is 20.2 Å². The van der Waals surface area contributed by atoms with E-state index in [0.29, 0.717) is 22.4 Å². The zero-order valence-corrected chi connectivity index (χ0v) is 14.9. The molecule has 1 aliphatic heterocycles. The minimum absolute atomic E-state index is 0. The van der Waals surface area contributed by atoms with Crippen LogP contribution in [-0.2, 0) is 6.18 Å². The van der Waals surface area contributed by atoms with Gasteiger partial charge in [0.25, 0.3) is 5.52 Å². The summed E-state index contributed by atoms with van der Waals surface area (Å²) in [6.07, 6.45) is -3.56. The molecule has 2 aromatic heterocycles. The first-order valence-corrected chi connectivity index (χ1v) is 8.80. The number of benzene rings is 2. The van der Waals surface area contributed by atoms with Gasteiger partial charge in [-0.05, 0) is 49.4 Å². The van der Waals surface area contributed by atoms with Gasteiger partial charge in [-0.15, -0.1) is 4.52 Å². The second kappa shape index (κ2) is 6.68. The Bertz CT molecular complexity index is 1260. The Hall–Kier alpha value is -3.24. The normalized spacial score (nSPS) is 16.6. The van der Waals surface area contributed by atoms with E-state index in [4.69, 9.17) is 0 Å². The van der Waals surface area contributed by atoms with E-state index in [9.17, 15) is 18.0 Å². The Balaban J connectivity index is 0.00000205. The highest BCUT2D eigenvalue weighted by atomic mass is 19.4. The molecule has 1 saturated heterocycles. The Morgan fingerprint density at radius 2 is 1.79 bits per heavy atom. The van der Waals surface area contributed by atoms with E-state index in [2.05, 4.69) is 15.5 Å². The monoisotopic (exact) mass is 403 g/mol. The average Bonchev–Trinajstić information content (AvgIpc) is 2.98. The number of nitrogens with one attached hydrogen (secondary N) is 2. The number of alkyl halides is 3. The van der Waals surface area contributed by atoms with Gasteiger partial charge >= 0.3 is 11.7 Å². The van der Waals surface area contributed by atoms with Crippen molar-refractivity contribution in [1.29, 1.82) is 0 Å². The van der Waals surface area contributed by atoms with E-state index in [1.165, 1.54) is 16.8 Å². The Morgan fingerprint density at radius 1 is 1.10 bits per heavy atom. The van der Waals surface area contributed by atoms with Crippen LogP contribution < -0.4 is 15.4 Å². The van der Waals surface area contributed by atoms with Crippen LogP contribution in [0.4, 0.5) is 13.2 Å². The van der Waals surface area contributed by atoms with Crippen LogP contribution in [0.5, 0.6) is 0 Å². The molecule has 1 atom stereocenters. The topological polar surface area (TPSA) is 96.8 Å². The summed E-state index contributed by atoms with van der Waals surface area (Å²) in [5, 5.41) is 6.25. The molecule has 0 spiro atoms. The van der Waals surface area contributed by atoms with Gasteiger partial charge in [-0.25, -0.2) is 9.78 Å². The van der Waals surface area contributed by atoms with Gasteiger partial charge in [-0.3, -0.25) is 0 Å². The Kier molecular flexibility index (Phi) is 4.39. The molecule has 10 heteroatoms. The van der Waals surface area contributed by atoms with E-state index in [-0.39, 0.29) is 17.1 Å². The molecule has 1 aliphatic rings. The molecule has 0 amide bonds. The fraction of sp³-hybridized carbons (Fsp3) is 0.211. The third-order valence-electron chi connectivity index (χ3n) is 5.04. The van der Waals surface area contributed by atoms with Crippen molar-refractivity contribution in [2.24, 2.45) is 0 Å². The second-order valence-electron chi connectivity index (χ2n) is 6.75. The van der Waals surface area contributed by atoms with Crippen LogP contribution in [0.1, 0.15) is 23.7 Å². The molecule has 1 unspecified atom stereocenters. The summed E-state index contributed by atoms with van der Waals surface area (Å²) in [5.74, 6) is 0. The molecule has 0 aliphatic carbocycles. The summed E-state index contributed by atoms with van der Waals surface area (Å²) >= 11 is 0. The summed E-state index contributed by atoms with van der Waals surface area (Å²) < 4.78 is 41.4. The summed E-state index contributed by atoms with van der Waals surface area (Å²) in [4.78, 5) is 17.8. The largest absolute Gasteiger partial charge is 0.870 e.